The molecule has 0 aliphatic carbocycles. The molecule has 1 aromatic carbocycles. The van der Waals surface area contributed by atoms with E-state index in [-0.39, 0.29) is 5.91 Å². The third kappa shape index (κ3) is 3.47. The summed E-state index contributed by atoms with van der Waals surface area (Å²) in [6.07, 6.45) is 2.43. The van der Waals surface area contributed by atoms with E-state index in [2.05, 4.69) is 27.7 Å². The van der Waals surface area contributed by atoms with Crippen molar-refractivity contribution in [3.05, 3.63) is 29.3 Å². The predicted molar refractivity (Wildman–Crippen MR) is 78.9 cm³/mol. The Morgan fingerprint density at radius 2 is 2.00 bits per heavy atom. The van der Waals surface area contributed by atoms with Crippen molar-refractivity contribution in [2.24, 2.45) is 0 Å². The molecule has 0 unspecified atom stereocenters. The van der Waals surface area contributed by atoms with Gasteiger partial charge in [-0.25, -0.2) is 0 Å². The Bertz CT molecular complexity index is 439. The fourth-order valence-corrected chi connectivity index (χ4v) is 2.46. The number of nitrogens with one attached hydrogen (secondary N) is 2. The lowest BCUT2D eigenvalue weighted by Gasteiger charge is -2.21. The van der Waals surface area contributed by atoms with Crippen molar-refractivity contribution in [1.82, 2.24) is 10.6 Å². The smallest absolute Gasteiger partial charge is 0.253 e. The molecule has 2 N–H and O–H groups in total. The van der Waals surface area contributed by atoms with Gasteiger partial charge in [0.2, 0.25) is 0 Å². The molecule has 0 radical (unpaired) electrons. The van der Waals surface area contributed by atoms with E-state index in [4.69, 9.17) is 0 Å². The Morgan fingerprint density at radius 3 is 2.68 bits per heavy atom. The largest absolute Gasteiger partial charge is 0.371 e. The molecule has 4 nitrogen and oxygen atoms in total. The van der Waals surface area contributed by atoms with E-state index in [0.29, 0.717) is 6.54 Å². The Hall–Kier alpha value is -1.55. The molecule has 0 spiro atoms. The highest BCUT2D eigenvalue weighted by Crippen LogP contribution is 2.25. The summed E-state index contributed by atoms with van der Waals surface area (Å²) in [5, 5.41) is 5.99. The normalized spacial score (nSPS) is 14.7. The van der Waals surface area contributed by atoms with Gasteiger partial charge in [0.15, 0.2) is 0 Å². The van der Waals surface area contributed by atoms with Crippen molar-refractivity contribution in [1.29, 1.82) is 0 Å². The lowest BCUT2D eigenvalue weighted by Crippen LogP contribution is -2.32. The SMILES string of the molecule is CNCCNC(=O)c1cc(C)ccc1N1CCCC1. The molecule has 104 valence electrons. The molecule has 1 aliphatic rings. The number of carbonyl (C=O) groups is 1. The zero-order valence-electron chi connectivity index (χ0n) is 11.8. The Labute approximate surface area is 115 Å². The van der Waals surface area contributed by atoms with Gasteiger partial charge in [-0.15, -0.1) is 0 Å². The van der Waals surface area contributed by atoms with Crippen LogP contribution in [0.1, 0.15) is 28.8 Å². The molecule has 1 fully saturated rings. The molecule has 0 bridgehead atoms. The molecule has 4 heteroatoms. The van der Waals surface area contributed by atoms with Crippen molar-refractivity contribution >= 4 is 11.6 Å². The van der Waals surface area contributed by atoms with Crippen molar-refractivity contribution in [3.8, 4) is 0 Å². The second-order valence-electron chi connectivity index (χ2n) is 5.07. The minimum absolute atomic E-state index is 0.0286. The first-order valence-corrected chi connectivity index (χ1v) is 7.01. The molecule has 0 aromatic heterocycles. The minimum Gasteiger partial charge on any atom is -0.371 e. The topological polar surface area (TPSA) is 44.4 Å². The third-order valence-corrected chi connectivity index (χ3v) is 3.50. The van der Waals surface area contributed by atoms with Gasteiger partial charge in [0, 0.05) is 31.9 Å². The van der Waals surface area contributed by atoms with Gasteiger partial charge in [0.05, 0.1) is 5.56 Å². The molecule has 19 heavy (non-hydrogen) atoms. The van der Waals surface area contributed by atoms with Gasteiger partial charge in [-0.1, -0.05) is 11.6 Å². The Balaban J connectivity index is 2.16. The highest BCUT2D eigenvalue weighted by molar-refractivity contribution is 6.00. The standard InChI is InChI=1S/C15H23N3O/c1-12-5-6-14(18-9-3-4-10-18)13(11-12)15(19)17-8-7-16-2/h5-6,11,16H,3-4,7-10H2,1-2H3,(H,17,19). The quantitative estimate of drug-likeness (QED) is 0.790. The van der Waals surface area contributed by atoms with Crippen LogP contribution in [0.15, 0.2) is 18.2 Å². The molecule has 1 saturated heterocycles. The molecule has 0 saturated carbocycles. The number of hydrogen-bond donors (Lipinski definition) is 2. The Morgan fingerprint density at radius 1 is 1.26 bits per heavy atom. The van der Waals surface area contributed by atoms with Crippen molar-refractivity contribution in [2.45, 2.75) is 19.8 Å². The van der Waals surface area contributed by atoms with Gasteiger partial charge in [0.25, 0.3) is 5.91 Å². The lowest BCUT2D eigenvalue weighted by molar-refractivity contribution is 0.0954. The van der Waals surface area contributed by atoms with Crippen LogP contribution in [-0.4, -0.2) is 39.1 Å². The summed E-state index contributed by atoms with van der Waals surface area (Å²) in [5.41, 5.74) is 3.00. The average molecular weight is 261 g/mol. The monoisotopic (exact) mass is 261 g/mol. The van der Waals surface area contributed by atoms with E-state index in [1.807, 2.05) is 20.0 Å². The zero-order valence-corrected chi connectivity index (χ0v) is 11.8. The molecular formula is C15H23N3O. The number of hydrogen-bond acceptors (Lipinski definition) is 3. The second-order valence-corrected chi connectivity index (χ2v) is 5.07. The van der Waals surface area contributed by atoms with Crippen LogP contribution in [0.5, 0.6) is 0 Å². The highest BCUT2D eigenvalue weighted by atomic mass is 16.1. The summed E-state index contributed by atoms with van der Waals surface area (Å²) in [4.78, 5) is 14.6. The van der Waals surface area contributed by atoms with Gasteiger partial charge in [-0.3, -0.25) is 4.79 Å². The van der Waals surface area contributed by atoms with Crippen LogP contribution in [0, 0.1) is 6.92 Å². The third-order valence-electron chi connectivity index (χ3n) is 3.50. The molecular weight excluding hydrogens is 238 g/mol. The summed E-state index contributed by atoms with van der Waals surface area (Å²) >= 11 is 0. The average Bonchev–Trinajstić information content (AvgIpc) is 2.92. The first kappa shape index (κ1) is 13.9. The number of nitrogens with zero attached hydrogens (tertiary/aromatic N) is 1. The van der Waals surface area contributed by atoms with E-state index in [1.54, 1.807) is 0 Å². The van der Waals surface area contributed by atoms with E-state index in [1.165, 1.54) is 12.8 Å². The molecule has 1 aromatic rings. The number of amides is 1. The van der Waals surface area contributed by atoms with Gasteiger partial charge in [0.1, 0.15) is 0 Å². The summed E-state index contributed by atoms with van der Waals surface area (Å²) in [6.45, 7) is 5.58. The number of likely N-dealkylation sites (N-methyl/N-ethyl adjacent to an activating group) is 1. The van der Waals surface area contributed by atoms with Gasteiger partial charge < -0.3 is 15.5 Å². The van der Waals surface area contributed by atoms with Gasteiger partial charge >= 0.3 is 0 Å². The molecule has 1 amide bonds. The lowest BCUT2D eigenvalue weighted by atomic mass is 10.1. The first-order valence-electron chi connectivity index (χ1n) is 7.01. The molecule has 0 atom stereocenters. The maximum Gasteiger partial charge on any atom is 0.253 e. The van der Waals surface area contributed by atoms with Crippen molar-refractivity contribution in [3.63, 3.8) is 0 Å². The van der Waals surface area contributed by atoms with Crippen LogP contribution in [0.4, 0.5) is 5.69 Å². The number of carbonyl (C=O) groups excluding carboxylic acids is 1. The fraction of sp³-hybridized carbons (Fsp3) is 0.533. The number of benzene rings is 1. The van der Waals surface area contributed by atoms with Gasteiger partial charge in [-0.05, 0) is 38.9 Å². The van der Waals surface area contributed by atoms with Gasteiger partial charge in [-0.2, -0.15) is 0 Å². The van der Waals surface area contributed by atoms with Crippen LogP contribution in [0.3, 0.4) is 0 Å². The van der Waals surface area contributed by atoms with Crippen molar-refractivity contribution < 1.29 is 4.79 Å². The summed E-state index contributed by atoms with van der Waals surface area (Å²) in [6, 6.07) is 6.15. The molecule has 2 rings (SSSR count). The second kappa shape index (κ2) is 6.57. The highest BCUT2D eigenvalue weighted by Gasteiger charge is 2.19. The molecule has 1 heterocycles. The van der Waals surface area contributed by atoms with E-state index in [0.717, 1.165) is 36.4 Å². The Kier molecular flexibility index (Phi) is 4.80. The fourth-order valence-electron chi connectivity index (χ4n) is 2.46. The first-order chi connectivity index (χ1) is 9.22. The van der Waals surface area contributed by atoms with Crippen LogP contribution in [-0.2, 0) is 0 Å². The van der Waals surface area contributed by atoms with E-state index in [9.17, 15) is 4.79 Å². The van der Waals surface area contributed by atoms with Crippen LogP contribution < -0.4 is 15.5 Å². The number of aryl methyl sites for hydroxylation is 1. The number of rotatable bonds is 5. The van der Waals surface area contributed by atoms with Crippen LogP contribution in [0.25, 0.3) is 0 Å². The summed E-state index contributed by atoms with van der Waals surface area (Å²) in [5.74, 6) is 0.0286. The zero-order chi connectivity index (χ0) is 13.7. The molecule has 1 aliphatic heterocycles. The minimum atomic E-state index is 0.0286. The predicted octanol–water partition coefficient (Wildman–Crippen LogP) is 1.54. The maximum absolute atomic E-state index is 12.3. The van der Waals surface area contributed by atoms with Crippen LogP contribution in [0.2, 0.25) is 0 Å². The van der Waals surface area contributed by atoms with Crippen LogP contribution >= 0.6 is 0 Å². The number of anilines is 1. The summed E-state index contributed by atoms with van der Waals surface area (Å²) < 4.78 is 0. The van der Waals surface area contributed by atoms with E-state index < -0.39 is 0 Å². The summed E-state index contributed by atoms with van der Waals surface area (Å²) in [7, 11) is 1.88. The maximum atomic E-state index is 12.3. The van der Waals surface area contributed by atoms with E-state index >= 15 is 0 Å². The van der Waals surface area contributed by atoms with Crippen molar-refractivity contribution in [2.75, 3.05) is 38.1 Å².